The van der Waals surface area contributed by atoms with Gasteiger partial charge in [0, 0.05) is 11.3 Å². The van der Waals surface area contributed by atoms with Crippen molar-refractivity contribution >= 4 is 17.4 Å². The van der Waals surface area contributed by atoms with E-state index in [1.54, 1.807) is 12.1 Å². The largest absolute Gasteiger partial charge is 0.382 e. The quantitative estimate of drug-likeness (QED) is 0.885. The molecule has 0 amide bonds. The normalized spacial score (nSPS) is 10.8. The van der Waals surface area contributed by atoms with E-state index in [9.17, 15) is 4.39 Å². The van der Waals surface area contributed by atoms with Gasteiger partial charge in [-0.05, 0) is 25.0 Å². The summed E-state index contributed by atoms with van der Waals surface area (Å²) in [4.78, 5) is 0. The van der Waals surface area contributed by atoms with Crippen LogP contribution in [0.3, 0.4) is 0 Å². The number of benzene rings is 1. The van der Waals surface area contributed by atoms with E-state index in [1.165, 1.54) is 6.07 Å². The molecule has 3 N–H and O–H groups in total. The molecule has 0 aliphatic rings. The van der Waals surface area contributed by atoms with Crippen LogP contribution in [0.2, 0.25) is 5.02 Å². The summed E-state index contributed by atoms with van der Waals surface area (Å²) >= 11 is 6.06. The lowest BCUT2D eigenvalue weighted by atomic mass is 10.0. The maximum Gasteiger partial charge on any atom is 0.153 e. The molecule has 0 aliphatic heterocycles. The number of nitrogens with one attached hydrogen (secondary N) is 1. The zero-order chi connectivity index (χ0) is 13.1. The van der Waals surface area contributed by atoms with Gasteiger partial charge in [-0.1, -0.05) is 31.0 Å². The number of aromatic amines is 1. The van der Waals surface area contributed by atoms with Crippen LogP contribution < -0.4 is 5.73 Å². The number of aryl methyl sites for hydroxylation is 1. The molecule has 3 nitrogen and oxygen atoms in total. The summed E-state index contributed by atoms with van der Waals surface area (Å²) in [7, 11) is 0. The maximum absolute atomic E-state index is 13.9. The first-order chi connectivity index (χ1) is 8.65. The zero-order valence-corrected chi connectivity index (χ0v) is 10.9. The van der Waals surface area contributed by atoms with Gasteiger partial charge in [-0.25, -0.2) is 4.39 Å². The minimum Gasteiger partial charge on any atom is -0.382 e. The molecule has 0 spiro atoms. The molecule has 96 valence electrons. The molecule has 1 heterocycles. The molecule has 0 fully saturated rings. The molecule has 18 heavy (non-hydrogen) atoms. The number of H-pyrrole nitrogens is 1. The fourth-order valence-corrected chi connectivity index (χ4v) is 2.20. The van der Waals surface area contributed by atoms with Crippen molar-refractivity contribution in [1.29, 1.82) is 0 Å². The number of anilines is 1. The molecule has 2 aromatic rings. The van der Waals surface area contributed by atoms with Crippen molar-refractivity contribution < 1.29 is 4.39 Å². The molecule has 5 heteroatoms. The van der Waals surface area contributed by atoms with Gasteiger partial charge in [-0.3, -0.25) is 5.10 Å². The number of halogens is 2. The summed E-state index contributed by atoms with van der Waals surface area (Å²) in [5.74, 6) is -0.0959. The van der Waals surface area contributed by atoms with Gasteiger partial charge in [0.05, 0.1) is 10.6 Å². The Hall–Kier alpha value is -1.55. The van der Waals surface area contributed by atoms with E-state index < -0.39 is 0 Å². The monoisotopic (exact) mass is 267 g/mol. The van der Waals surface area contributed by atoms with E-state index in [-0.39, 0.29) is 11.6 Å². The lowest BCUT2D eigenvalue weighted by molar-refractivity contribution is 0.631. The van der Waals surface area contributed by atoms with Crippen molar-refractivity contribution in [3.05, 3.63) is 34.7 Å². The summed E-state index contributed by atoms with van der Waals surface area (Å²) in [6, 6.07) is 4.59. The number of hydrogen-bond donors (Lipinski definition) is 2. The van der Waals surface area contributed by atoms with Crippen molar-refractivity contribution in [3.63, 3.8) is 0 Å². The number of nitrogens with zero attached hydrogens (tertiary/aromatic N) is 1. The topological polar surface area (TPSA) is 54.7 Å². The number of hydrogen-bond acceptors (Lipinski definition) is 2. The Kier molecular flexibility index (Phi) is 3.87. The zero-order valence-electron chi connectivity index (χ0n) is 10.1. The van der Waals surface area contributed by atoms with Gasteiger partial charge in [0.2, 0.25) is 0 Å². The van der Waals surface area contributed by atoms with Gasteiger partial charge in [-0.15, -0.1) is 0 Å². The Balaban J connectivity index is 2.52. The Morgan fingerprint density at radius 2 is 2.17 bits per heavy atom. The highest BCUT2D eigenvalue weighted by Gasteiger charge is 2.18. The fraction of sp³-hybridized carbons (Fsp3) is 0.308. The lowest BCUT2D eigenvalue weighted by Gasteiger charge is -2.07. The third-order valence-corrected chi connectivity index (χ3v) is 3.18. The van der Waals surface area contributed by atoms with E-state index >= 15 is 0 Å². The lowest BCUT2D eigenvalue weighted by Crippen LogP contribution is -1.95. The first-order valence-electron chi connectivity index (χ1n) is 5.92. The van der Waals surface area contributed by atoms with Gasteiger partial charge in [0.15, 0.2) is 5.82 Å². The molecule has 0 aliphatic carbocycles. The second-order valence-corrected chi connectivity index (χ2v) is 4.57. The molecule has 0 radical (unpaired) electrons. The van der Waals surface area contributed by atoms with Crippen molar-refractivity contribution in [3.8, 4) is 11.1 Å². The molecule has 1 aromatic heterocycles. The number of nitrogens with two attached hydrogens (primary N) is 1. The Morgan fingerprint density at radius 1 is 1.39 bits per heavy atom. The summed E-state index contributed by atoms with van der Waals surface area (Å²) in [5.41, 5.74) is 7.57. The maximum atomic E-state index is 13.9. The van der Waals surface area contributed by atoms with E-state index in [2.05, 4.69) is 17.1 Å². The van der Waals surface area contributed by atoms with Gasteiger partial charge >= 0.3 is 0 Å². The summed E-state index contributed by atoms with van der Waals surface area (Å²) in [6.07, 6.45) is 2.81. The number of aromatic nitrogens is 2. The predicted molar refractivity (Wildman–Crippen MR) is 72.0 cm³/mol. The highest BCUT2D eigenvalue weighted by Crippen LogP contribution is 2.36. The van der Waals surface area contributed by atoms with Crippen LogP contribution in [0.5, 0.6) is 0 Å². The Bertz CT molecular complexity index is 531. The second kappa shape index (κ2) is 5.40. The molecule has 2 rings (SSSR count). The van der Waals surface area contributed by atoms with Crippen LogP contribution in [0.25, 0.3) is 11.1 Å². The second-order valence-electron chi connectivity index (χ2n) is 4.16. The Morgan fingerprint density at radius 3 is 2.83 bits per heavy atom. The summed E-state index contributed by atoms with van der Waals surface area (Å²) in [5, 5.41) is 7.17. The van der Waals surface area contributed by atoms with Crippen LogP contribution in [0, 0.1) is 5.82 Å². The molecule has 1 aromatic carbocycles. The number of nitrogen functional groups attached to an aromatic ring is 1. The van der Waals surface area contributed by atoms with Gasteiger partial charge in [-0.2, -0.15) is 5.10 Å². The van der Waals surface area contributed by atoms with Crippen LogP contribution >= 0.6 is 11.6 Å². The van der Waals surface area contributed by atoms with Crippen LogP contribution in [-0.2, 0) is 6.42 Å². The minimum atomic E-state index is -0.381. The van der Waals surface area contributed by atoms with E-state index in [4.69, 9.17) is 17.3 Å². The van der Waals surface area contributed by atoms with Gasteiger partial charge in [0.25, 0.3) is 0 Å². The molecular weight excluding hydrogens is 253 g/mol. The van der Waals surface area contributed by atoms with E-state index in [0.29, 0.717) is 16.1 Å². The van der Waals surface area contributed by atoms with E-state index in [1.807, 2.05) is 0 Å². The van der Waals surface area contributed by atoms with Crippen molar-refractivity contribution in [2.75, 3.05) is 5.73 Å². The predicted octanol–water partition coefficient (Wildman–Crippen LogP) is 3.79. The molecule has 0 bridgehead atoms. The van der Waals surface area contributed by atoms with Crippen LogP contribution in [0.15, 0.2) is 18.2 Å². The van der Waals surface area contributed by atoms with Gasteiger partial charge < -0.3 is 5.73 Å². The first kappa shape index (κ1) is 12.9. The summed E-state index contributed by atoms with van der Waals surface area (Å²) in [6.45, 7) is 2.09. The van der Waals surface area contributed by atoms with Crippen molar-refractivity contribution in [2.24, 2.45) is 0 Å². The molecule has 0 saturated heterocycles. The van der Waals surface area contributed by atoms with Crippen LogP contribution in [-0.4, -0.2) is 10.2 Å². The van der Waals surface area contributed by atoms with Crippen LogP contribution in [0.1, 0.15) is 25.5 Å². The molecule has 0 unspecified atom stereocenters. The highest BCUT2D eigenvalue weighted by atomic mass is 35.5. The first-order valence-corrected chi connectivity index (χ1v) is 6.30. The average molecular weight is 268 g/mol. The minimum absolute atomic E-state index is 0.285. The number of unbranched alkanes of at least 4 members (excludes halogenated alkanes) is 1. The van der Waals surface area contributed by atoms with Crippen molar-refractivity contribution in [2.45, 2.75) is 26.2 Å². The standard InChI is InChI=1S/C13H15ClFN3/c1-2-3-7-10-12(13(16)18-17-10)11-8(14)5-4-6-9(11)15/h4-6H,2-3,7H2,1H3,(H3,16,17,18). The molecular formula is C13H15ClFN3. The highest BCUT2D eigenvalue weighted by molar-refractivity contribution is 6.33. The van der Waals surface area contributed by atoms with Crippen LogP contribution in [0.4, 0.5) is 10.2 Å². The smallest absolute Gasteiger partial charge is 0.153 e. The third-order valence-electron chi connectivity index (χ3n) is 2.86. The van der Waals surface area contributed by atoms with Crippen molar-refractivity contribution in [1.82, 2.24) is 10.2 Å². The number of rotatable bonds is 4. The SMILES string of the molecule is CCCCc1[nH]nc(N)c1-c1c(F)cccc1Cl. The van der Waals surface area contributed by atoms with E-state index in [0.717, 1.165) is 25.0 Å². The summed E-state index contributed by atoms with van der Waals surface area (Å²) < 4.78 is 13.9. The molecule has 0 atom stereocenters. The Labute approximate surface area is 110 Å². The average Bonchev–Trinajstić information content (AvgIpc) is 2.69. The third kappa shape index (κ3) is 2.34. The molecule has 0 saturated carbocycles. The van der Waals surface area contributed by atoms with Gasteiger partial charge in [0.1, 0.15) is 5.82 Å². The fourth-order valence-electron chi connectivity index (χ4n) is 1.94.